The first-order chi connectivity index (χ1) is 11.5. The van der Waals surface area contributed by atoms with E-state index in [1.807, 2.05) is 4.90 Å². The highest BCUT2D eigenvalue weighted by molar-refractivity contribution is 7.89. The van der Waals surface area contributed by atoms with Gasteiger partial charge in [0.1, 0.15) is 0 Å². The van der Waals surface area contributed by atoms with E-state index >= 15 is 0 Å². The lowest BCUT2D eigenvalue weighted by Crippen LogP contribution is -2.40. The van der Waals surface area contributed by atoms with Crippen LogP contribution in [0.3, 0.4) is 0 Å². The van der Waals surface area contributed by atoms with Crippen LogP contribution < -0.4 is 0 Å². The lowest BCUT2D eigenvalue weighted by molar-refractivity contribution is -0.136. The van der Waals surface area contributed by atoms with E-state index in [2.05, 4.69) is 4.98 Å². The van der Waals surface area contributed by atoms with Crippen LogP contribution in [0.1, 0.15) is 38.5 Å². The van der Waals surface area contributed by atoms with E-state index < -0.39 is 10.0 Å². The molecule has 1 aliphatic heterocycles. The van der Waals surface area contributed by atoms with Gasteiger partial charge < -0.3 is 9.47 Å². The van der Waals surface area contributed by atoms with Crippen LogP contribution in [0.4, 0.5) is 0 Å². The monoisotopic (exact) mass is 354 g/mol. The second-order valence-electron chi connectivity index (χ2n) is 6.80. The molecule has 0 aromatic carbocycles. The van der Waals surface area contributed by atoms with E-state index in [0.29, 0.717) is 32.6 Å². The van der Waals surface area contributed by atoms with Crippen molar-refractivity contribution < 1.29 is 13.2 Å². The Morgan fingerprint density at radius 3 is 2.50 bits per heavy atom. The molecule has 24 heavy (non-hydrogen) atoms. The Hall–Kier alpha value is -1.41. The maximum atomic E-state index is 12.7. The molecule has 1 aromatic rings. The van der Waals surface area contributed by atoms with Crippen LogP contribution in [0.5, 0.6) is 0 Å². The molecule has 2 fully saturated rings. The zero-order valence-electron chi connectivity index (χ0n) is 14.2. The van der Waals surface area contributed by atoms with Gasteiger partial charge in [-0.25, -0.2) is 13.4 Å². The molecular formula is C16H26N4O3S. The topological polar surface area (TPSA) is 75.5 Å². The molecule has 1 aromatic heterocycles. The van der Waals surface area contributed by atoms with Crippen molar-refractivity contribution >= 4 is 15.9 Å². The molecule has 0 N–H and O–H groups in total. The molecule has 0 atom stereocenters. The first-order valence-electron chi connectivity index (χ1n) is 8.75. The van der Waals surface area contributed by atoms with Gasteiger partial charge in [-0.1, -0.05) is 19.3 Å². The number of rotatable bonds is 3. The molecule has 2 heterocycles. The first-order valence-corrected chi connectivity index (χ1v) is 10.2. The van der Waals surface area contributed by atoms with E-state index in [-0.39, 0.29) is 16.9 Å². The number of hydrogen-bond donors (Lipinski definition) is 0. The summed E-state index contributed by atoms with van der Waals surface area (Å²) in [6.07, 6.45) is 9.12. The van der Waals surface area contributed by atoms with Crippen molar-refractivity contribution in [3.05, 3.63) is 12.5 Å². The van der Waals surface area contributed by atoms with Gasteiger partial charge in [-0.2, -0.15) is 4.31 Å². The second kappa shape index (κ2) is 7.23. The van der Waals surface area contributed by atoms with Crippen molar-refractivity contribution in [2.24, 2.45) is 13.0 Å². The van der Waals surface area contributed by atoms with Crippen molar-refractivity contribution in [3.63, 3.8) is 0 Å². The highest BCUT2D eigenvalue weighted by atomic mass is 32.2. The Kier molecular flexibility index (Phi) is 5.24. The largest absolute Gasteiger partial charge is 0.341 e. The lowest BCUT2D eigenvalue weighted by atomic mass is 9.88. The Morgan fingerprint density at radius 1 is 1.08 bits per heavy atom. The van der Waals surface area contributed by atoms with Crippen molar-refractivity contribution in [1.29, 1.82) is 0 Å². The Balaban J connectivity index is 1.65. The quantitative estimate of drug-likeness (QED) is 0.818. The lowest BCUT2D eigenvalue weighted by Gasteiger charge is -2.28. The van der Waals surface area contributed by atoms with Gasteiger partial charge in [0.05, 0.1) is 6.33 Å². The summed E-state index contributed by atoms with van der Waals surface area (Å²) in [5.74, 6) is 0.351. The number of sulfonamides is 1. The average molecular weight is 354 g/mol. The summed E-state index contributed by atoms with van der Waals surface area (Å²) in [4.78, 5) is 18.5. The number of imidazole rings is 1. The predicted molar refractivity (Wildman–Crippen MR) is 89.7 cm³/mol. The molecular weight excluding hydrogens is 328 g/mol. The molecule has 0 bridgehead atoms. The molecule has 0 spiro atoms. The van der Waals surface area contributed by atoms with Gasteiger partial charge >= 0.3 is 0 Å². The van der Waals surface area contributed by atoms with Crippen LogP contribution in [0, 0.1) is 5.92 Å². The number of nitrogens with zero attached hydrogens (tertiary/aromatic N) is 4. The third-order valence-electron chi connectivity index (χ3n) is 5.01. The molecule has 7 nitrogen and oxygen atoms in total. The number of carbonyl (C=O) groups excluding carboxylic acids is 1. The van der Waals surface area contributed by atoms with Crippen molar-refractivity contribution in [2.75, 3.05) is 26.2 Å². The van der Waals surface area contributed by atoms with Crippen molar-refractivity contribution in [3.8, 4) is 0 Å². The normalized spacial score (nSPS) is 21.6. The predicted octanol–water partition coefficient (Wildman–Crippen LogP) is 1.22. The van der Waals surface area contributed by atoms with E-state index in [4.69, 9.17) is 0 Å². The number of aryl methyl sites for hydroxylation is 1. The summed E-state index contributed by atoms with van der Waals surface area (Å²) in [6.45, 7) is 1.90. The SMILES string of the molecule is Cn1cnc(S(=O)(=O)N2CCCN(C(=O)C3CCCCC3)CC2)c1. The van der Waals surface area contributed by atoms with Gasteiger partial charge in [-0.05, 0) is 19.3 Å². The highest BCUT2D eigenvalue weighted by Crippen LogP contribution is 2.26. The summed E-state index contributed by atoms with van der Waals surface area (Å²) in [7, 11) is -1.83. The van der Waals surface area contributed by atoms with E-state index in [0.717, 1.165) is 25.7 Å². The standard InChI is InChI=1S/C16H26N4O3S/c1-18-12-15(17-13-18)24(22,23)20-9-5-8-19(10-11-20)16(21)14-6-3-2-4-7-14/h12-14H,2-11H2,1H3. The summed E-state index contributed by atoms with van der Waals surface area (Å²) in [6, 6.07) is 0. The van der Waals surface area contributed by atoms with E-state index in [1.165, 1.54) is 23.3 Å². The molecule has 1 amide bonds. The first kappa shape index (κ1) is 17.4. The maximum Gasteiger partial charge on any atom is 0.262 e. The van der Waals surface area contributed by atoms with E-state index in [1.54, 1.807) is 11.6 Å². The van der Waals surface area contributed by atoms with Crippen LogP contribution in [0.15, 0.2) is 17.6 Å². The van der Waals surface area contributed by atoms with Crippen molar-refractivity contribution in [2.45, 2.75) is 43.6 Å². The summed E-state index contributed by atoms with van der Waals surface area (Å²) >= 11 is 0. The molecule has 0 unspecified atom stereocenters. The van der Waals surface area contributed by atoms with Crippen LogP contribution in [-0.2, 0) is 21.9 Å². The molecule has 1 aliphatic carbocycles. The Bertz CT molecular complexity index is 679. The highest BCUT2D eigenvalue weighted by Gasteiger charge is 2.32. The fraction of sp³-hybridized carbons (Fsp3) is 0.750. The molecule has 8 heteroatoms. The maximum absolute atomic E-state index is 12.7. The Morgan fingerprint density at radius 2 is 1.83 bits per heavy atom. The summed E-state index contributed by atoms with van der Waals surface area (Å²) < 4.78 is 28.4. The molecule has 134 valence electrons. The van der Waals surface area contributed by atoms with Crippen LogP contribution >= 0.6 is 0 Å². The summed E-state index contributed by atoms with van der Waals surface area (Å²) in [5, 5.41) is 0.0806. The number of aromatic nitrogens is 2. The van der Waals surface area contributed by atoms with Gasteiger partial charge in [0.2, 0.25) is 5.91 Å². The van der Waals surface area contributed by atoms with Crippen molar-refractivity contribution in [1.82, 2.24) is 18.8 Å². The molecule has 0 radical (unpaired) electrons. The minimum Gasteiger partial charge on any atom is -0.341 e. The molecule has 2 aliphatic rings. The average Bonchev–Trinajstić information content (AvgIpc) is 2.88. The zero-order valence-corrected chi connectivity index (χ0v) is 15.0. The minimum absolute atomic E-state index is 0.0806. The number of hydrogen-bond acceptors (Lipinski definition) is 4. The van der Waals surface area contributed by atoms with Crippen LogP contribution in [-0.4, -0.2) is 59.3 Å². The third kappa shape index (κ3) is 3.64. The van der Waals surface area contributed by atoms with Crippen LogP contribution in [0.25, 0.3) is 0 Å². The van der Waals surface area contributed by atoms with Gasteiger partial charge in [0.15, 0.2) is 5.03 Å². The van der Waals surface area contributed by atoms with Gasteiger partial charge in [0, 0.05) is 45.3 Å². The third-order valence-corrected chi connectivity index (χ3v) is 6.79. The molecule has 1 saturated carbocycles. The molecule has 3 rings (SSSR count). The fourth-order valence-electron chi connectivity index (χ4n) is 3.62. The molecule has 1 saturated heterocycles. The minimum atomic E-state index is -3.58. The number of carbonyl (C=O) groups is 1. The van der Waals surface area contributed by atoms with Gasteiger partial charge in [0.25, 0.3) is 10.0 Å². The van der Waals surface area contributed by atoms with Gasteiger partial charge in [-0.15, -0.1) is 0 Å². The second-order valence-corrected chi connectivity index (χ2v) is 8.68. The summed E-state index contributed by atoms with van der Waals surface area (Å²) in [5.41, 5.74) is 0. The van der Waals surface area contributed by atoms with E-state index in [9.17, 15) is 13.2 Å². The van der Waals surface area contributed by atoms with Gasteiger partial charge in [-0.3, -0.25) is 4.79 Å². The fourth-order valence-corrected chi connectivity index (χ4v) is 5.05. The smallest absolute Gasteiger partial charge is 0.262 e. The van der Waals surface area contributed by atoms with Crippen LogP contribution in [0.2, 0.25) is 0 Å². The zero-order chi connectivity index (χ0) is 17.2. The Labute approximate surface area is 143 Å². The number of amides is 1.